The van der Waals surface area contributed by atoms with Crippen molar-refractivity contribution in [2.24, 2.45) is 0 Å². The number of anilines is 1. The molecular weight excluding hydrogens is 433 g/mol. The lowest BCUT2D eigenvalue weighted by Crippen LogP contribution is -2.17. The van der Waals surface area contributed by atoms with Crippen molar-refractivity contribution in [2.45, 2.75) is 52.4 Å². The van der Waals surface area contributed by atoms with Crippen molar-refractivity contribution in [3.8, 4) is 17.1 Å². The first-order chi connectivity index (χ1) is 16.4. The third-order valence-electron chi connectivity index (χ3n) is 6.17. The highest BCUT2D eigenvalue weighted by molar-refractivity contribution is 6.06. The van der Waals surface area contributed by atoms with Gasteiger partial charge in [0.15, 0.2) is 11.5 Å². The number of halogens is 1. The van der Waals surface area contributed by atoms with Gasteiger partial charge in [-0.15, -0.1) is 0 Å². The number of carbonyl (C=O) groups is 1. The molecule has 2 heterocycles. The highest BCUT2D eigenvalue weighted by atomic mass is 19.1. The van der Waals surface area contributed by atoms with Crippen LogP contribution in [0.1, 0.15) is 65.7 Å². The summed E-state index contributed by atoms with van der Waals surface area (Å²) in [7, 11) is 0. The van der Waals surface area contributed by atoms with Gasteiger partial charge in [0.25, 0.3) is 11.8 Å². The monoisotopic (exact) mass is 459 g/mol. The predicted octanol–water partition coefficient (Wildman–Crippen LogP) is 5.62. The first kappa shape index (κ1) is 22.0. The molecule has 0 radical (unpaired) electrons. The Labute approximate surface area is 197 Å². The zero-order chi connectivity index (χ0) is 23.8. The fraction of sp³-hybridized carbons (Fsp3) is 0.308. The summed E-state index contributed by atoms with van der Waals surface area (Å²) in [5, 5.41) is 11.8. The molecule has 0 bridgehead atoms. The molecule has 7 nitrogen and oxygen atoms in total. The lowest BCUT2D eigenvalue weighted by molar-refractivity contribution is 0.102. The van der Waals surface area contributed by atoms with Gasteiger partial charge >= 0.3 is 0 Å². The molecule has 2 aromatic heterocycles. The molecule has 1 N–H and O–H groups in total. The minimum absolute atomic E-state index is 0.127. The molecule has 5 rings (SSSR count). The second-order valence-corrected chi connectivity index (χ2v) is 8.93. The highest BCUT2D eigenvalue weighted by Gasteiger charge is 2.27. The Morgan fingerprint density at radius 2 is 1.88 bits per heavy atom. The maximum atomic E-state index is 13.5. The van der Waals surface area contributed by atoms with Crippen LogP contribution in [0.4, 0.5) is 10.1 Å². The van der Waals surface area contributed by atoms with Gasteiger partial charge in [0.1, 0.15) is 5.82 Å². The summed E-state index contributed by atoms with van der Waals surface area (Å²) in [6.45, 7) is 5.91. The van der Waals surface area contributed by atoms with Crippen molar-refractivity contribution in [2.75, 3.05) is 5.32 Å². The van der Waals surface area contributed by atoms with Crippen LogP contribution in [0.3, 0.4) is 0 Å². The molecule has 174 valence electrons. The number of nitrogens with one attached hydrogen (secondary N) is 1. The van der Waals surface area contributed by atoms with E-state index in [0.29, 0.717) is 28.7 Å². The van der Waals surface area contributed by atoms with E-state index in [1.807, 2.05) is 39.0 Å². The summed E-state index contributed by atoms with van der Waals surface area (Å²) >= 11 is 0. The number of amides is 1. The van der Waals surface area contributed by atoms with Crippen molar-refractivity contribution in [1.29, 1.82) is 0 Å². The average Bonchev–Trinajstić information content (AvgIpc) is 3.47. The number of nitrogens with zero attached hydrogens (tertiary/aromatic N) is 4. The number of hydrogen-bond donors (Lipinski definition) is 1. The van der Waals surface area contributed by atoms with E-state index in [-0.39, 0.29) is 17.6 Å². The highest BCUT2D eigenvalue weighted by Crippen LogP contribution is 2.32. The van der Waals surface area contributed by atoms with Crippen LogP contribution >= 0.6 is 0 Å². The van der Waals surface area contributed by atoms with E-state index in [1.165, 1.54) is 12.1 Å². The largest absolute Gasteiger partial charge is 0.334 e. The predicted molar refractivity (Wildman–Crippen MR) is 127 cm³/mol. The van der Waals surface area contributed by atoms with Gasteiger partial charge in [0, 0.05) is 17.2 Å². The molecule has 4 aromatic rings. The van der Waals surface area contributed by atoms with Crippen LogP contribution in [0.25, 0.3) is 17.1 Å². The summed E-state index contributed by atoms with van der Waals surface area (Å²) in [4.78, 5) is 18.0. The molecule has 1 aliphatic carbocycles. The molecule has 2 aromatic carbocycles. The smallest absolute Gasteiger partial charge is 0.276 e. The summed E-state index contributed by atoms with van der Waals surface area (Å²) in [6.07, 6.45) is 3.63. The fourth-order valence-corrected chi connectivity index (χ4v) is 4.34. The summed E-state index contributed by atoms with van der Waals surface area (Å²) in [5.41, 5.74) is 5.24. The molecule has 0 unspecified atom stereocenters. The first-order valence-electron chi connectivity index (χ1n) is 11.5. The number of hydrogen-bond acceptors (Lipinski definition) is 5. The van der Waals surface area contributed by atoms with Crippen molar-refractivity contribution >= 4 is 11.6 Å². The quantitative estimate of drug-likeness (QED) is 0.418. The van der Waals surface area contributed by atoms with Crippen LogP contribution in [-0.4, -0.2) is 25.8 Å². The van der Waals surface area contributed by atoms with Crippen LogP contribution in [-0.2, 0) is 12.8 Å². The maximum Gasteiger partial charge on any atom is 0.276 e. The van der Waals surface area contributed by atoms with Crippen molar-refractivity contribution in [3.05, 3.63) is 76.6 Å². The van der Waals surface area contributed by atoms with Crippen LogP contribution in [0.5, 0.6) is 0 Å². The van der Waals surface area contributed by atoms with E-state index < -0.39 is 0 Å². The molecule has 8 heteroatoms. The Bertz CT molecular complexity index is 1350. The topological polar surface area (TPSA) is 85.8 Å². The number of benzene rings is 2. The van der Waals surface area contributed by atoms with Crippen LogP contribution in [0.15, 0.2) is 47.0 Å². The van der Waals surface area contributed by atoms with E-state index in [9.17, 15) is 9.18 Å². The number of rotatable bonds is 5. The van der Waals surface area contributed by atoms with Gasteiger partial charge in [-0.2, -0.15) is 10.1 Å². The van der Waals surface area contributed by atoms with Crippen molar-refractivity contribution in [1.82, 2.24) is 19.9 Å². The third-order valence-corrected chi connectivity index (χ3v) is 6.17. The van der Waals surface area contributed by atoms with E-state index in [4.69, 9.17) is 4.52 Å². The second-order valence-electron chi connectivity index (χ2n) is 8.93. The van der Waals surface area contributed by atoms with Crippen LogP contribution < -0.4 is 5.32 Å². The maximum absolute atomic E-state index is 13.5. The Morgan fingerprint density at radius 3 is 2.62 bits per heavy atom. The van der Waals surface area contributed by atoms with Gasteiger partial charge in [0.05, 0.1) is 16.9 Å². The van der Waals surface area contributed by atoms with E-state index in [2.05, 4.69) is 20.6 Å². The zero-order valence-electron chi connectivity index (χ0n) is 19.4. The molecular formula is C26H26FN5O2. The summed E-state index contributed by atoms with van der Waals surface area (Å²) < 4.78 is 20.7. The Kier molecular flexibility index (Phi) is 5.73. The van der Waals surface area contributed by atoms with Crippen molar-refractivity contribution in [3.63, 3.8) is 0 Å². The summed E-state index contributed by atoms with van der Waals surface area (Å²) in [6, 6.07) is 11.8. The standard InChI is InChI=1S/C26H26FN5O2/c1-15(2)24-29-26(34-31-24)20-9-6-7-16(3)22(20)28-25(33)23-19-8-4-5-10-21(19)32(30-23)18-13-11-17(27)12-14-18/h6-7,9,11-15H,4-5,8,10H2,1-3H3,(H,28,33). The molecule has 0 spiro atoms. The van der Waals surface area contributed by atoms with E-state index >= 15 is 0 Å². The lowest BCUT2D eigenvalue weighted by atomic mass is 9.95. The average molecular weight is 460 g/mol. The second kappa shape index (κ2) is 8.85. The third kappa shape index (κ3) is 4.00. The van der Waals surface area contributed by atoms with Gasteiger partial charge < -0.3 is 9.84 Å². The van der Waals surface area contributed by atoms with Gasteiger partial charge in [0.2, 0.25) is 0 Å². The van der Waals surface area contributed by atoms with Crippen LogP contribution in [0.2, 0.25) is 0 Å². The molecule has 0 saturated heterocycles. The molecule has 1 amide bonds. The Balaban J connectivity index is 1.53. The first-order valence-corrected chi connectivity index (χ1v) is 11.5. The van der Waals surface area contributed by atoms with Gasteiger partial charge in [-0.1, -0.05) is 31.1 Å². The fourth-order valence-electron chi connectivity index (χ4n) is 4.34. The van der Waals surface area contributed by atoms with Gasteiger partial charge in [-0.25, -0.2) is 9.07 Å². The number of carbonyl (C=O) groups excluding carboxylic acids is 1. The van der Waals surface area contributed by atoms with Gasteiger partial charge in [-0.05, 0) is 68.5 Å². The molecule has 0 fully saturated rings. The molecule has 34 heavy (non-hydrogen) atoms. The van der Waals surface area contributed by atoms with Crippen molar-refractivity contribution < 1.29 is 13.7 Å². The van der Waals surface area contributed by atoms with E-state index in [0.717, 1.165) is 48.2 Å². The Hall–Kier alpha value is -3.81. The normalized spacial score (nSPS) is 13.2. The Morgan fingerprint density at radius 1 is 1.12 bits per heavy atom. The number of para-hydroxylation sites is 1. The number of aryl methyl sites for hydroxylation is 1. The van der Waals surface area contributed by atoms with Crippen LogP contribution in [0, 0.1) is 12.7 Å². The minimum Gasteiger partial charge on any atom is -0.334 e. The molecule has 0 atom stereocenters. The van der Waals surface area contributed by atoms with Gasteiger partial charge in [-0.3, -0.25) is 4.79 Å². The molecule has 1 aliphatic rings. The number of fused-ring (bicyclic) bond motifs is 1. The molecule has 0 saturated carbocycles. The SMILES string of the molecule is Cc1cccc(-c2nc(C(C)C)no2)c1NC(=O)c1nn(-c2ccc(F)cc2)c2c1CCCC2. The lowest BCUT2D eigenvalue weighted by Gasteiger charge is -2.14. The zero-order valence-corrected chi connectivity index (χ0v) is 19.4. The number of aromatic nitrogens is 4. The summed E-state index contributed by atoms with van der Waals surface area (Å²) in [5.74, 6) is 0.499. The minimum atomic E-state index is -0.309. The van der Waals surface area contributed by atoms with E-state index in [1.54, 1.807) is 16.8 Å². The molecule has 0 aliphatic heterocycles.